The van der Waals surface area contributed by atoms with Crippen molar-refractivity contribution in [2.45, 2.75) is 63.8 Å². The maximum absolute atomic E-state index is 13.2. The topological polar surface area (TPSA) is 115 Å². The fourth-order valence-corrected chi connectivity index (χ4v) is 4.73. The van der Waals surface area contributed by atoms with E-state index in [9.17, 15) is 14.7 Å². The van der Waals surface area contributed by atoms with Crippen molar-refractivity contribution in [2.75, 3.05) is 6.61 Å². The summed E-state index contributed by atoms with van der Waals surface area (Å²) in [5.41, 5.74) is 0.662. The van der Waals surface area contributed by atoms with Crippen LogP contribution in [0, 0.1) is 5.41 Å². The number of rotatable bonds is 7. The standard InChI is InChI=1S/C26H32N4O4/c1-4-26(5-2)14-21(32)30(24(27)29-26)15-17-9-8-10-18(13-17)23(33)28-22-19-11-6-7-12-20(19)34-25(22,3)16-31/h6-13,22,31H,4-5,14-16H2,1-3H3,(H2,27,29)(H,28,33)/t22-,25?/m1/s1. The third-order valence-corrected chi connectivity index (χ3v) is 7.10. The summed E-state index contributed by atoms with van der Waals surface area (Å²) in [6.45, 7) is 5.76. The van der Waals surface area contributed by atoms with Gasteiger partial charge in [-0.25, -0.2) is 0 Å². The Bertz CT molecular complexity index is 1090. The van der Waals surface area contributed by atoms with Gasteiger partial charge in [-0.15, -0.1) is 0 Å². The largest absolute Gasteiger partial charge is 0.482 e. The molecule has 0 aromatic heterocycles. The second-order valence-corrected chi connectivity index (χ2v) is 9.34. The number of carbonyl (C=O) groups excluding carboxylic acids is 2. The van der Waals surface area contributed by atoms with E-state index in [2.05, 4.69) is 10.6 Å². The molecule has 2 amide bonds. The van der Waals surface area contributed by atoms with E-state index in [0.717, 1.165) is 24.0 Å². The Morgan fingerprint density at radius 3 is 2.65 bits per heavy atom. The van der Waals surface area contributed by atoms with Gasteiger partial charge in [0.25, 0.3) is 5.91 Å². The van der Waals surface area contributed by atoms with Gasteiger partial charge >= 0.3 is 0 Å². The summed E-state index contributed by atoms with van der Waals surface area (Å²) < 4.78 is 5.94. The number of para-hydroxylation sites is 1. The number of benzene rings is 2. The predicted molar refractivity (Wildman–Crippen MR) is 129 cm³/mol. The van der Waals surface area contributed by atoms with Crippen LogP contribution in [-0.2, 0) is 11.3 Å². The van der Waals surface area contributed by atoms with E-state index in [1.807, 2.05) is 44.2 Å². The monoisotopic (exact) mass is 464 g/mol. The number of aliphatic hydroxyl groups excluding tert-OH is 1. The van der Waals surface area contributed by atoms with Crippen molar-refractivity contribution in [3.8, 4) is 5.75 Å². The average molecular weight is 465 g/mol. The summed E-state index contributed by atoms with van der Waals surface area (Å²) in [6.07, 6.45) is 1.87. The normalized spacial score (nSPS) is 23.2. The highest BCUT2D eigenvalue weighted by atomic mass is 16.5. The van der Waals surface area contributed by atoms with Gasteiger partial charge in [-0.1, -0.05) is 44.2 Å². The maximum atomic E-state index is 13.2. The van der Waals surface area contributed by atoms with Crippen molar-refractivity contribution in [1.82, 2.24) is 15.5 Å². The molecule has 0 bridgehead atoms. The molecule has 1 unspecified atom stereocenters. The smallest absolute Gasteiger partial charge is 0.251 e. The Balaban J connectivity index is 1.50. The molecule has 4 rings (SSSR count). The van der Waals surface area contributed by atoms with Gasteiger partial charge in [0.1, 0.15) is 5.75 Å². The summed E-state index contributed by atoms with van der Waals surface area (Å²) in [5.74, 6) is 0.331. The number of fused-ring (bicyclic) bond motifs is 1. The second-order valence-electron chi connectivity index (χ2n) is 9.34. The molecule has 2 aromatic carbocycles. The number of hydrogen-bond acceptors (Lipinski definition) is 5. The zero-order valence-electron chi connectivity index (χ0n) is 19.9. The Hall–Kier alpha value is -3.39. The van der Waals surface area contributed by atoms with E-state index in [1.54, 1.807) is 25.1 Å². The van der Waals surface area contributed by atoms with Crippen LogP contribution in [0.5, 0.6) is 5.75 Å². The Morgan fingerprint density at radius 1 is 1.24 bits per heavy atom. The first-order valence-electron chi connectivity index (χ1n) is 11.7. The molecule has 0 radical (unpaired) electrons. The van der Waals surface area contributed by atoms with Crippen molar-refractivity contribution in [2.24, 2.45) is 0 Å². The minimum atomic E-state index is -0.969. The molecule has 2 aliphatic heterocycles. The van der Waals surface area contributed by atoms with Crippen LogP contribution >= 0.6 is 0 Å². The third kappa shape index (κ3) is 4.25. The fraction of sp³-hybridized carbons (Fsp3) is 0.423. The molecule has 1 fully saturated rings. The predicted octanol–water partition coefficient (Wildman–Crippen LogP) is 3.12. The molecule has 2 heterocycles. The minimum absolute atomic E-state index is 0.0910. The van der Waals surface area contributed by atoms with Crippen molar-refractivity contribution < 1.29 is 19.4 Å². The zero-order valence-corrected chi connectivity index (χ0v) is 19.9. The van der Waals surface area contributed by atoms with E-state index >= 15 is 0 Å². The lowest BCUT2D eigenvalue weighted by molar-refractivity contribution is -0.131. The molecule has 0 spiro atoms. The van der Waals surface area contributed by atoms with Gasteiger partial charge in [0.2, 0.25) is 5.91 Å². The summed E-state index contributed by atoms with van der Waals surface area (Å²) in [4.78, 5) is 27.4. The molecule has 8 heteroatoms. The first kappa shape index (κ1) is 23.8. The van der Waals surface area contributed by atoms with E-state index in [1.165, 1.54) is 4.90 Å². The van der Waals surface area contributed by atoms with Crippen LogP contribution in [0.25, 0.3) is 0 Å². The number of amides is 2. The van der Waals surface area contributed by atoms with E-state index in [-0.39, 0.29) is 36.5 Å². The SMILES string of the molecule is CCC1(CC)CC(=O)N(Cc2cccc(C(=O)N[C@@H]3c4ccccc4OC3(C)CO)c2)C(=N)N1. The highest BCUT2D eigenvalue weighted by Crippen LogP contribution is 2.42. The van der Waals surface area contributed by atoms with Gasteiger partial charge in [-0.05, 0) is 43.5 Å². The molecule has 8 nitrogen and oxygen atoms in total. The van der Waals surface area contributed by atoms with E-state index in [4.69, 9.17) is 10.1 Å². The molecular formula is C26H32N4O4. The Labute approximate surface area is 199 Å². The lowest BCUT2D eigenvalue weighted by atomic mass is 9.87. The highest BCUT2D eigenvalue weighted by Gasteiger charge is 2.45. The number of guanidine groups is 1. The van der Waals surface area contributed by atoms with Crippen LogP contribution in [0.2, 0.25) is 0 Å². The van der Waals surface area contributed by atoms with Crippen LogP contribution < -0.4 is 15.4 Å². The van der Waals surface area contributed by atoms with Gasteiger partial charge in [0, 0.05) is 16.7 Å². The molecule has 4 N–H and O–H groups in total. The van der Waals surface area contributed by atoms with E-state index in [0.29, 0.717) is 17.7 Å². The molecule has 2 aromatic rings. The second kappa shape index (κ2) is 9.10. The highest BCUT2D eigenvalue weighted by molar-refractivity contribution is 5.99. The molecular weight excluding hydrogens is 432 g/mol. The van der Waals surface area contributed by atoms with Gasteiger partial charge in [0.05, 0.1) is 25.6 Å². The molecule has 2 atom stereocenters. The molecule has 1 saturated heterocycles. The van der Waals surface area contributed by atoms with Crippen molar-refractivity contribution >= 4 is 17.8 Å². The lowest BCUT2D eigenvalue weighted by Gasteiger charge is -2.42. The number of aliphatic hydroxyl groups is 1. The Morgan fingerprint density at radius 2 is 1.97 bits per heavy atom. The average Bonchev–Trinajstić information content (AvgIpc) is 3.13. The number of nitrogens with zero attached hydrogens (tertiary/aromatic N) is 1. The summed E-state index contributed by atoms with van der Waals surface area (Å²) in [7, 11) is 0. The minimum Gasteiger partial charge on any atom is -0.482 e. The molecule has 0 saturated carbocycles. The van der Waals surface area contributed by atoms with Crippen molar-refractivity contribution in [3.63, 3.8) is 0 Å². The summed E-state index contributed by atoms with van der Waals surface area (Å²) >= 11 is 0. The third-order valence-electron chi connectivity index (χ3n) is 7.10. The Kier molecular flexibility index (Phi) is 6.36. The summed E-state index contributed by atoms with van der Waals surface area (Å²) in [5, 5.41) is 24.6. The molecule has 2 aliphatic rings. The first-order valence-corrected chi connectivity index (χ1v) is 11.7. The van der Waals surface area contributed by atoms with Crippen molar-refractivity contribution in [1.29, 1.82) is 5.41 Å². The summed E-state index contributed by atoms with van der Waals surface area (Å²) in [6, 6.07) is 14.0. The number of hydrogen-bond donors (Lipinski definition) is 4. The van der Waals surface area contributed by atoms with Gasteiger partial charge in [0.15, 0.2) is 11.6 Å². The van der Waals surface area contributed by atoms with E-state index < -0.39 is 11.6 Å². The number of carbonyl (C=O) groups is 2. The van der Waals surface area contributed by atoms with Gasteiger partial charge in [-0.2, -0.15) is 0 Å². The zero-order chi connectivity index (χ0) is 24.5. The van der Waals surface area contributed by atoms with Crippen LogP contribution in [-0.4, -0.2) is 45.5 Å². The molecule has 180 valence electrons. The van der Waals surface area contributed by atoms with Gasteiger partial charge < -0.3 is 20.5 Å². The maximum Gasteiger partial charge on any atom is 0.251 e. The lowest BCUT2D eigenvalue weighted by Crippen LogP contribution is -2.61. The number of nitrogens with one attached hydrogen (secondary N) is 3. The van der Waals surface area contributed by atoms with Crippen molar-refractivity contribution in [3.05, 3.63) is 65.2 Å². The van der Waals surface area contributed by atoms with Gasteiger partial charge in [-0.3, -0.25) is 19.9 Å². The number of ether oxygens (including phenoxy) is 1. The van der Waals surface area contributed by atoms with Crippen LogP contribution in [0.4, 0.5) is 0 Å². The van der Waals surface area contributed by atoms with Crippen LogP contribution in [0.3, 0.4) is 0 Å². The quantitative estimate of drug-likeness (QED) is 0.503. The molecule has 0 aliphatic carbocycles. The molecule has 34 heavy (non-hydrogen) atoms. The van der Waals surface area contributed by atoms with Crippen LogP contribution in [0.1, 0.15) is 67.6 Å². The first-order chi connectivity index (χ1) is 16.2. The fourth-order valence-electron chi connectivity index (χ4n) is 4.73. The van der Waals surface area contributed by atoms with Crippen LogP contribution in [0.15, 0.2) is 48.5 Å².